The summed E-state index contributed by atoms with van der Waals surface area (Å²) in [6.45, 7) is 3.61. The van der Waals surface area contributed by atoms with E-state index in [1.165, 1.54) is 38.5 Å². The second-order valence-electron chi connectivity index (χ2n) is 12.1. The fourth-order valence-corrected chi connectivity index (χ4v) is 5.47. The van der Waals surface area contributed by atoms with E-state index in [1.54, 1.807) is 0 Å². The zero-order chi connectivity index (χ0) is 34.7. The van der Waals surface area contributed by atoms with Gasteiger partial charge in [0.25, 0.3) is 0 Å². The van der Waals surface area contributed by atoms with Crippen LogP contribution in [0.4, 0.5) is 0 Å². The van der Waals surface area contributed by atoms with Gasteiger partial charge in [0.05, 0.1) is 13.2 Å². The number of phosphoric ester groups is 1. The predicted molar refractivity (Wildman–Crippen MR) is 192 cm³/mol. The van der Waals surface area contributed by atoms with Crippen molar-refractivity contribution in [2.75, 3.05) is 26.4 Å². The van der Waals surface area contributed by atoms with Crippen molar-refractivity contribution in [1.82, 2.24) is 0 Å². The Morgan fingerprint density at radius 3 is 1.70 bits per heavy atom. The molecule has 0 fully saturated rings. The van der Waals surface area contributed by atoms with Crippen LogP contribution in [0.2, 0.25) is 0 Å². The third-order valence-electron chi connectivity index (χ3n) is 7.50. The number of carbonyl (C=O) groups is 2. The summed E-state index contributed by atoms with van der Waals surface area (Å²) >= 11 is 0. The third kappa shape index (κ3) is 33.9. The molecule has 274 valence electrons. The van der Waals surface area contributed by atoms with Crippen LogP contribution in [-0.2, 0) is 32.7 Å². The molecule has 0 saturated heterocycles. The van der Waals surface area contributed by atoms with Gasteiger partial charge in [-0.25, -0.2) is 4.57 Å². The van der Waals surface area contributed by atoms with E-state index in [0.717, 1.165) is 77.0 Å². The number of unbranched alkanes of at least 4 members (excludes halogenated alkanes) is 15. The molecule has 47 heavy (non-hydrogen) atoms. The first-order chi connectivity index (χ1) is 22.8. The summed E-state index contributed by atoms with van der Waals surface area (Å²) in [6.07, 6.45) is 34.6. The number of rotatable bonds is 34. The minimum Gasteiger partial charge on any atom is -0.462 e. The first-order valence-corrected chi connectivity index (χ1v) is 20.0. The van der Waals surface area contributed by atoms with Crippen molar-refractivity contribution in [3.05, 3.63) is 36.5 Å². The topological polar surface area (TPSA) is 134 Å². The van der Waals surface area contributed by atoms with Gasteiger partial charge in [-0.2, -0.15) is 0 Å². The Morgan fingerprint density at radius 2 is 1.13 bits per heavy atom. The fraction of sp³-hybridized carbons (Fsp3) is 0.784. The van der Waals surface area contributed by atoms with Crippen molar-refractivity contribution >= 4 is 19.8 Å². The molecule has 0 aliphatic rings. The molecule has 10 heteroatoms. The van der Waals surface area contributed by atoms with Crippen molar-refractivity contribution in [1.29, 1.82) is 0 Å². The molecule has 0 amide bonds. The van der Waals surface area contributed by atoms with E-state index >= 15 is 0 Å². The standard InChI is InChI=1S/C37H68NO8P/c1-3-5-7-9-11-13-15-16-17-18-20-21-23-25-27-29-36(39)43-33-35(34-45-47(41,42)44-32-31-38)46-37(40)30-28-26-24-22-19-14-12-10-8-6-4-2/h10-13,16-17,35H,3-9,14-15,18-34,38H2,1-2H3,(H,41,42)/b12-10+,13-11+,17-16+/t35-/m1/s1. The molecular weight excluding hydrogens is 617 g/mol. The van der Waals surface area contributed by atoms with Crippen molar-refractivity contribution in [2.24, 2.45) is 5.73 Å². The number of nitrogens with two attached hydrogens (primary N) is 1. The fourth-order valence-electron chi connectivity index (χ4n) is 4.70. The SMILES string of the molecule is CCCC/C=C/CCCCCCCC(=O)O[C@H](COC(=O)CCCCCCC/C=C/C/C=C/CCCCC)COP(=O)(O)OCCN. The van der Waals surface area contributed by atoms with Gasteiger partial charge in [0.1, 0.15) is 6.61 Å². The molecular formula is C37H68NO8P. The average Bonchev–Trinajstić information content (AvgIpc) is 3.05. The van der Waals surface area contributed by atoms with E-state index in [-0.39, 0.29) is 32.6 Å². The molecule has 0 aromatic rings. The molecule has 0 spiro atoms. The smallest absolute Gasteiger partial charge is 0.462 e. The Hall–Kier alpha value is -1.77. The van der Waals surface area contributed by atoms with Gasteiger partial charge < -0.3 is 20.1 Å². The van der Waals surface area contributed by atoms with E-state index in [4.69, 9.17) is 24.3 Å². The van der Waals surface area contributed by atoms with Crippen LogP contribution in [0.25, 0.3) is 0 Å². The Kier molecular flexibility index (Phi) is 32.8. The maximum Gasteiger partial charge on any atom is 0.472 e. The maximum atomic E-state index is 12.5. The lowest BCUT2D eigenvalue weighted by molar-refractivity contribution is -0.161. The van der Waals surface area contributed by atoms with E-state index in [2.05, 4.69) is 50.3 Å². The van der Waals surface area contributed by atoms with Crippen LogP contribution in [0.3, 0.4) is 0 Å². The van der Waals surface area contributed by atoms with Crippen LogP contribution in [0, 0.1) is 0 Å². The number of allylic oxidation sites excluding steroid dienone is 6. The van der Waals surface area contributed by atoms with E-state index in [1.807, 2.05) is 0 Å². The lowest BCUT2D eigenvalue weighted by atomic mass is 10.1. The second-order valence-corrected chi connectivity index (χ2v) is 13.5. The van der Waals surface area contributed by atoms with Gasteiger partial charge in [0.2, 0.25) is 0 Å². The molecule has 0 heterocycles. The van der Waals surface area contributed by atoms with Crippen LogP contribution in [0.1, 0.15) is 155 Å². The molecule has 0 aromatic carbocycles. The summed E-state index contributed by atoms with van der Waals surface area (Å²) in [4.78, 5) is 34.6. The predicted octanol–water partition coefficient (Wildman–Crippen LogP) is 9.82. The zero-order valence-corrected chi connectivity index (χ0v) is 30.7. The van der Waals surface area contributed by atoms with Gasteiger partial charge in [-0.15, -0.1) is 0 Å². The minimum absolute atomic E-state index is 0.0494. The highest BCUT2D eigenvalue weighted by atomic mass is 31.2. The number of esters is 2. The molecule has 9 nitrogen and oxygen atoms in total. The Bertz CT molecular complexity index is 876. The van der Waals surface area contributed by atoms with Crippen molar-refractivity contribution in [3.63, 3.8) is 0 Å². The Balaban J connectivity index is 4.27. The quantitative estimate of drug-likeness (QED) is 0.0294. The molecule has 0 aliphatic carbocycles. The third-order valence-corrected chi connectivity index (χ3v) is 8.48. The van der Waals surface area contributed by atoms with Gasteiger partial charge >= 0.3 is 19.8 Å². The highest BCUT2D eigenvalue weighted by Crippen LogP contribution is 2.43. The molecule has 0 bridgehead atoms. The lowest BCUT2D eigenvalue weighted by Gasteiger charge is -2.19. The van der Waals surface area contributed by atoms with E-state index in [0.29, 0.717) is 12.8 Å². The summed E-state index contributed by atoms with van der Waals surface area (Å²) in [7, 11) is -4.37. The van der Waals surface area contributed by atoms with Gasteiger partial charge in [-0.1, -0.05) is 115 Å². The van der Waals surface area contributed by atoms with E-state index in [9.17, 15) is 19.0 Å². The summed E-state index contributed by atoms with van der Waals surface area (Å²) in [5.41, 5.74) is 5.32. The second kappa shape index (κ2) is 34.1. The normalized spacial score (nSPS) is 13.9. The molecule has 0 radical (unpaired) electrons. The number of phosphoric acid groups is 1. The van der Waals surface area contributed by atoms with E-state index < -0.39 is 32.5 Å². The molecule has 3 N–H and O–H groups in total. The number of carbonyl (C=O) groups excluding carboxylic acids is 2. The summed E-state index contributed by atoms with van der Waals surface area (Å²) in [5.74, 6) is -0.860. The average molecular weight is 686 g/mol. The zero-order valence-electron chi connectivity index (χ0n) is 29.8. The van der Waals surface area contributed by atoms with Crippen LogP contribution in [-0.4, -0.2) is 49.3 Å². The monoisotopic (exact) mass is 685 g/mol. The number of hydrogen-bond donors (Lipinski definition) is 2. The molecule has 0 aliphatic heterocycles. The van der Waals surface area contributed by atoms with Crippen LogP contribution in [0.15, 0.2) is 36.5 Å². The Morgan fingerprint density at radius 1 is 0.638 bits per heavy atom. The van der Waals surface area contributed by atoms with Crippen LogP contribution >= 0.6 is 7.82 Å². The lowest BCUT2D eigenvalue weighted by Crippen LogP contribution is -2.29. The van der Waals surface area contributed by atoms with Gasteiger partial charge in [-0.05, 0) is 64.2 Å². The van der Waals surface area contributed by atoms with Crippen LogP contribution in [0.5, 0.6) is 0 Å². The highest BCUT2D eigenvalue weighted by Gasteiger charge is 2.25. The van der Waals surface area contributed by atoms with Crippen molar-refractivity contribution in [2.45, 2.75) is 161 Å². The minimum atomic E-state index is -4.37. The molecule has 2 atom stereocenters. The van der Waals surface area contributed by atoms with Crippen LogP contribution < -0.4 is 5.73 Å². The first-order valence-electron chi connectivity index (χ1n) is 18.5. The largest absolute Gasteiger partial charge is 0.472 e. The van der Waals surface area contributed by atoms with Gasteiger partial charge in [0, 0.05) is 19.4 Å². The highest BCUT2D eigenvalue weighted by molar-refractivity contribution is 7.47. The maximum absolute atomic E-state index is 12.5. The van der Waals surface area contributed by atoms with Gasteiger partial charge in [0.15, 0.2) is 6.10 Å². The van der Waals surface area contributed by atoms with Crippen molar-refractivity contribution in [3.8, 4) is 0 Å². The number of hydrogen-bond acceptors (Lipinski definition) is 8. The van der Waals surface area contributed by atoms with Gasteiger partial charge in [-0.3, -0.25) is 18.6 Å². The Labute approximate surface area is 286 Å². The molecule has 0 rings (SSSR count). The summed E-state index contributed by atoms with van der Waals surface area (Å²) in [5, 5.41) is 0. The molecule has 0 saturated carbocycles. The molecule has 0 aromatic heterocycles. The number of ether oxygens (including phenoxy) is 2. The molecule has 1 unspecified atom stereocenters. The first kappa shape index (κ1) is 45.2. The summed E-state index contributed by atoms with van der Waals surface area (Å²) < 4.78 is 32.6. The summed E-state index contributed by atoms with van der Waals surface area (Å²) in [6, 6.07) is 0. The van der Waals surface area contributed by atoms with Crippen molar-refractivity contribution < 1.29 is 37.6 Å².